The summed E-state index contributed by atoms with van der Waals surface area (Å²) in [6, 6.07) is 11.1. The fourth-order valence-corrected chi connectivity index (χ4v) is 1.86. The lowest BCUT2D eigenvalue weighted by Gasteiger charge is -2.19. The van der Waals surface area contributed by atoms with E-state index in [0.29, 0.717) is 23.2 Å². The van der Waals surface area contributed by atoms with Crippen molar-refractivity contribution in [2.45, 2.75) is 32.7 Å². The van der Waals surface area contributed by atoms with Gasteiger partial charge in [0.25, 0.3) is 0 Å². The lowest BCUT2D eigenvalue weighted by atomic mass is 9.91. The second-order valence-corrected chi connectivity index (χ2v) is 6.15. The molecule has 0 bridgehead atoms. The van der Waals surface area contributed by atoms with Crippen LogP contribution in [0.4, 0.5) is 0 Å². The van der Waals surface area contributed by atoms with Crippen LogP contribution in [0.25, 0.3) is 0 Å². The van der Waals surface area contributed by atoms with Crippen molar-refractivity contribution in [3.8, 4) is 11.6 Å². The molecule has 4 heteroatoms. The van der Waals surface area contributed by atoms with Gasteiger partial charge in [-0.15, -0.1) is 0 Å². The van der Waals surface area contributed by atoms with Crippen molar-refractivity contribution in [3.05, 3.63) is 52.7 Å². The molecule has 0 aliphatic heterocycles. The van der Waals surface area contributed by atoms with E-state index >= 15 is 0 Å². The van der Waals surface area contributed by atoms with Crippen molar-refractivity contribution in [1.82, 2.24) is 4.98 Å². The molecule has 0 fully saturated rings. The second-order valence-electron chi connectivity index (χ2n) is 5.71. The van der Waals surface area contributed by atoms with Gasteiger partial charge in [0.15, 0.2) is 0 Å². The third-order valence-electron chi connectivity index (χ3n) is 2.90. The summed E-state index contributed by atoms with van der Waals surface area (Å²) in [5.74, 6) is 1.26. The molecule has 0 saturated carbocycles. The number of halogens is 1. The van der Waals surface area contributed by atoms with E-state index in [1.165, 1.54) is 0 Å². The highest BCUT2D eigenvalue weighted by molar-refractivity contribution is 6.30. The number of ether oxygens (including phenoxy) is 1. The molecule has 0 saturated heterocycles. The third kappa shape index (κ3) is 3.71. The van der Waals surface area contributed by atoms with Crippen molar-refractivity contribution in [2.75, 3.05) is 0 Å². The molecule has 0 atom stereocenters. The van der Waals surface area contributed by atoms with Gasteiger partial charge in [0, 0.05) is 23.0 Å². The Hall–Kier alpha value is -1.58. The van der Waals surface area contributed by atoms with Gasteiger partial charge in [-0.25, -0.2) is 4.98 Å². The van der Waals surface area contributed by atoms with Crippen LogP contribution in [-0.2, 0) is 12.0 Å². The van der Waals surface area contributed by atoms with E-state index in [4.69, 9.17) is 22.1 Å². The highest BCUT2D eigenvalue weighted by Gasteiger charge is 2.17. The van der Waals surface area contributed by atoms with Crippen molar-refractivity contribution in [3.63, 3.8) is 0 Å². The molecule has 0 radical (unpaired) electrons. The number of nitrogens with two attached hydrogens (primary N) is 1. The number of pyridine rings is 1. The molecule has 0 spiro atoms. The predicted molar refractivity (Wildman–Crippen MR) is 82.4 cm³/mol. The molecular formula is C16H19ClN2O. The van der Waals surface area contributed by atoms with Crippen molar-refractivity contribution in [1.29, 1.82) is 0 Å². The first kappa shape index (κ1) is 14.8. The average molecular weight is 291 g/mol. The van der Waals surface area contributed by atoms with Crippen LogP contribution < -0.4 is 10.5 Å². The van der Waals surface area contributed by atoms with Gasteiger partial charge in [0.1, 0.15) is 5.75 Å². The Kier molecular flexibility index (Phi) is 4.31. The summed E-state index contributed by atoms with van der Waals surface area (Å²) < 4.78 is 5.79. The number of benzene rings is 1. The van der Waals surface area contributed by atoms with E-state index in [-0.39, 0.29) is 5.41 Å². The molecular weight excluding hydrogens is 272 g/mol. The Morgan fingerprint density at radius 1 is 1.15 bits per heavy atom. The van der Waals surface area contributed by atoms with Crippen LogP contribution in [0.5, 0.6) is 11.6 Å². The van der Waals surface area contributed by atoms with Crippen molar-refractivity contribution >= 4 is 11.6 Å². The van der Waals surface area contributed by atoms with Gasteiger partial charge in [0.05, 0.1) is 5.69 Å². The number of aromatic nitrogens is 1. The van der Waals surface area contributed by atoms with Gasteiger partial charge >= 0.3 is 0 Å². The lowest BCUT2D eigenvalue weighted by Crippen LogP contribution is -2.15. The van der Waals surface area contributed by atoms with Gasteiger partial charge in [-0.3, -0.25) is 0 Å². The first-order valence-corrected chi connectivity index (χ1v) is 6.91. The lowest BCUT2D eigenvalue weighted by molar-refractivity contribution is 0.450. The first-order valence-electron chi connectivity index (χ1n) is 6.53. The molecule has 3 nitrogen and oxygen atoms in total. The molecule has 1 aromatic heterocycles. The molecule has 0 amide bonds. The zero-order chi connectivity index (χ0) is 14.8. The highest BCUT2D eigenvalue weighted by Crippen LogP contribution is 2.27. The van der Waals surface area contributed by atoms with Crippen LogP contribution in [0.1, 0.15) is 32.0 Å². The summed E-state index contributed by atoms with van der Waals surface area (Å²) in [6.07, 6.45) is 0. The maximum Gasteiger partial charge on any atom is 0.219 e. The average Bonchev–Trinajstić information content (AvgIpc) is 2.40. The van der Waals surface area contributed by atoms with Gasteiger partial charge in [-0.2, -0.15) is 0 Å². The molecule has 0 aliphatic carbocycles. The van der Waals surface area contributed by atoms with Gasteiger partial charge in [-0.05, 0) is 35.9 Å². The fraction of sp³-hybridized carbons (Fsp3) is 0.312. The molecule has 0 aliphatic rings. The summed E-state index contributed by atoms with van der Waals surface area (Å²) in [6.45, 7) is 6.80. The minimum absolute atomic E-state index is 0.0523. The Bertz CT molecular complexity index is 588. The molecule has 1 aromatic carbocycles. The molecule has 106 valence electrons. The Labute approximate surface area is 124 Å². The first-order chi connectivity index (χ1) is 9.38. The van der Waals surface area contributed by atoms with Gasteiger partial charge < -0.3 is 10.5 Å². The smallest absolute Gasteiger partial charge is 0.219 e. The number of rotatable bonds is 3. The zero-order valence-corrected chi connectivity index (χ0v) is 12.7. The standard InChI is InChI=1S/C16H19ClN2O/c1-16(2,3)14-8-11(10-18)9-15(19-14)20-13-6-4-12(17)5-7-13/h4-9H,10,18H2,1-3H3. The van der Waals surface area contributed by atoms with Gasteiger partial charge in [-0.1, -0.05) is 32.4 Å². The summed E-state index contributed by atoms with van der Waals surface area (Å²) in [5.41, 5.74) is 7.66. The molecule has 20 heavy (non-hydrogen) atoms. The number of hydrogen-bond acceptors (Lipinski definition) is 3. The van der Waals surface area contributed by atoms with Crippen LogP contribution in [-0.4, -0.2) is 4.98 Å². The molecule has 2 aromatic rings. The van der Waals surface area contributed by atoms with Crippen molar-refractivity contribution < 1.29 is 4.74 Å². The Morgan fingerprint density at radius 2 is 1.80 bits per heavy atom. The zero-order valence-electron chi connectivity index (χ0n) is 12.0. The SMILES string of the molecule is CC(C)(C)c1cc(CN)cc(Oc2ccc(Cl)cc2)n1. The largest absolute Gasteiger partial charge is 0.439 e. The van der Waals surface area contributed by atoms with E-state index in [9.17, 15) is 0 Å². The van der Waals surface area contributed by atoms with E-state index in [1.807, 2.05) is 24.3 Å². The van der Waals surface area contributed by atoms with Crippen molar-refractivity contribution in [2.24, 2.45) is 5.73 Å². The van der Waals surface area contributed by atoms with E-state index in [0.717, 1.165) is 11.3 Å². The van der Waals surface area contributed by atoms with E-state index in [2.05, 4.69) is 25.8 Å². The highest BCUT2D eigenvalue weighted by atomic mass is 35.5. The number of nitrogens with zero attached hydrogens (tertiary/aromatic N) is 1. The quantitative estimate of drug-likeness (QED) is 0.917. The van der Waals surface area contributed by atoms with Crippen LogP contribution in [0.2, 0.25) is 5.02 Å². The fourth-order valence-electron chi connectivity index (χ4n) is 1.74. The Balaban J connectivity index is 2.33. The maximum absolute atomic E-state index is 5.86. The van der Waals surface area contributed by atoms with Crippen LogP contribution in [0.15, 0.2) is 36.4 Å². The third-order valence-corrected chi connectivity index (χ3v) is 3.15. The molecule has 2 rings (SSSR count). The van der Waals surface area contributed by atoms with Crippen LogP contribution in [0, 0.1) is 0 Å². The van der Waals surface area contributed by atoms with Crippen LogP contribution in [0.3, 0.4) is 0 Å². The van der Waals surface area contributed by atoms with E-state index in [1.54, 1.807) is 12.1 Å². The maximum atomic E-state index is 5.86. The number of hydrogen-bond donors (Lipinski definition) is 1. The topological polar surface area (TPSA) is 48.1 Å². The molecule has 2 N–H and O–H groups in total. The normalized spacial score (nSPS) is 11.4. The van der Waals surface area contributed by atoms with Crippen LogP contribution >= 0.6 is 11.6 Å². The van der Waals surface area contributed by atoms with E-state index < -0.39 is 0 Å². The van der Waals surface area contributed by atoms with Gasteiger partial charge in [0.2, 0.25) is 5.88 Å². The summed E-state index contributed by atoms with van der Waals surface area (Å²) in [4.78, 5) is 4.56. The summed E-state index contributed by atoms with van der Waals surface area (Å²) >= 11 is 5.86. The second kappa shape index (κ2) is 5.81. The minimum atomic E-state index is -0.0523. The monoisotopic (exact) mass is 290 g/mol. The predicted octanol–water partition coefficient (Wildman–Crippen LogP) is 4.28. The minimum Gasteiger partial charge on any atom is -0.439 e. The summed E-state index contributed by atoms with van der Waals surface area (Å²) in [5, 5.41) is 0.677. The Morgan fingerprint density at radius 3 is 2.35 bits per heavy atom. The molecule has 1 heterocycles. The summed E-state index contributed by atoms with van der Waals surface area (Å²) in [7, 11) is 0. The molecule has 0 unspecified atom stereocenters.